The van der Waals surface area contributed by atoms with E-state index in [1.165, 1.54) is 26.2 Å². The molecular formula is C18H19N5O4S2. The van der Waals surface area contributed by atoms with Crippen LogP contribution in [0.15, 0.2) is 63.3 Å². The van der Waals surface area contributed by atoms with E-state index in [0.717, 1.165) is 21.6 Å². The Bertz CT molecular complexity index is 1100. The molecule has 1 aromatic carbocycles. The maximum absolute atomic E-state index is 12.5. The van der Waals surface area contributed by atoms with Gasteiger partial charge in [-0.2, -0.15) is 0 Å². The highest BCUT2D eigenvalue weighted by Gasteiger charge is 2.21. The van der Waals surface area contributed by atoms with Crippen molar-refractivity contribution in [2.24, 2.45) is 0 Å². The van der Waals surface area contributed by atoms with E-state index in [4.69, 9.17) is 4.42 Å². The van der Waals surface area contributed by atoms with Gasteiger partial charge in [0.25, 0.3) is 5.22 Å². The number of anilines is 1. The van der Waals surface area contributed by atoms with E-state index < -0.39 is 15.3 Å². The lowest BCUT2D eigenvalue weighted by Crippen LogP contribution is -2.24. The van der Waals surface area contributed by atoms with Crippen LogP contribution in [-0.2, 0) is 14.8 Å². The fourth-order valence-electron chi connectivity index (χ4n) is 2.26. The molecule has 3 aromatic rings. The van der Waals surface area contributed by atoms with Crippen molar-refractivity contribution in [3.63, 3.8) is 0 Å². The van der Waals surface area contributed by atoms with E-state index in [0.29, 0.717) is 11.6 Å². The smallest absolute Gasteiger partial charge is 0.277 e. The molecular weight excluding hydrogens is 414 g/mol. The van der Waals surface area contributed by atoms with Crippen LogP contribution in [0.25, 0.3) is 11.5 Å². The van der Waals surface area contributed by atoms with E-state index in [9.17, 15) is 13.2 Å². The molecule has 0 saturated carbocycles. The lowest BCUT2D eigenvalue weighted by atomic mass is 10.3. The average Bonchev–Trinajstić information content (AvgIpc) is 3.17. The number of thioether (sulfide) groups is 1. The number of hydrogen-bond donors (Lipinski definition) is 1. The van der Waals surface area contributed by atoms with Crippen LogP contribution >= 0.6 is 11.8 Å². The summed E-state index contributed by atoms with van der Waals surface area (Å²) in [5.74, 6) is 0.0159. The Labute approximate surface area is 172 Å². The summed E-state index contributed by atoms with van der Waals surface area (Å²) in [5.41, 5.74) is 1.11. The predicted molar refractivity (Wildman–Crippen MR) is 109 cm³/mol. The van der Waals surface area contributed by atoms with Gasteiger partial charge in [-0.1, -0.05) is 17.8 Å². The fraction of sp³-hybridized carbons (Fsp3) is 0.222. The van der Waals surface area contributed by atoms with Gasteiger partial charge < -0.3 is 9.73 Å². The largest absolute Gasteiger partial charge is 0.411 e. The topological polar surface area (TPSA) is 118 Å². The maximum atomic E-state index is 12.5. The van der Waals surface area contributed by atoms with E-state index in [-0.39, 0.29) is 16.0 Å². The molecule has 0 aliphatic carbocycles. The summed E-state index contributed by atoms with van der Waals surface area (Å²) >= 11 is 1.11. The van der Waals surface area contributed by atoms with E-state index in [2.05, 4.69) is 20.5 Å². The summed E-state index contributed by atoms with van der Waals surface area (Å²) in [7, 11) is -0.692. The number of pyridine rings is 1. The summed E-state index contributed by atoms with van der Waals surface area (Å²) < 4.78 is 31.2. The third kappa shape index (κ3) is 5.00. The molecule has 11 heteroatoms. The van der Waals surface area contributed by atoms with E-state index >= 15 is 0 Å². The molecule has 2 aromatic heterocycles. The van der Waals surface area contributed by atoms with Gasteiger partial charge in [0.1, 0.15) is 0 Å². The molecule has 0 fully saturated rings. The van der Waals surface area contributed by atoms with Gasteiger partial charge in [-0.3, -0.25) is 9.78 Å². The Balaban J connectivity index is 1.67. The molecule has 3 rings (SSSR count). The Kier molecular flexibility index (Phi) is 6.30. The second-order valence-corrected chi connectivity index (χ2v) is 9.62. The molecule has 0 aliphatic heterocycles. The minimum atomic E-state index is -3.59. The molecule has 1 N–H and O–H groups in total. The Morgan fingerprint density at radius 1 is 1.17 bits per heavy atom. The fourth-order valence-corrected chi connectivity index (χ4v) is 3.89. The molecule has 29 heavy (non-hydrogen) atoms. The highest BCUT2D eigenvalue weighted by molar-refractivity contribution is 8.00. The monoisotopic (exact) mass is 433 g/mol. The number of rotatable bonds is 7. The zero-order valence-electron chi connectivity index (χ0n) is 15.9. The highest BCUT2D eigenvalue weighted by atomic mass is 32.2. The van der Waals surface area contributed by atoms with E-state index in [1.54, 1.807) is 43.6 Å². The molecule has 0 spiro atoms. The molecule has 0 aliphatic rings. The van der Waals surface area contributed by atoms with Gasteiger partial charge in [-0.25, -0.2) is 12.7 Å². The van der Waals surface area contributed by atoms with Crippen molar-refractivity contribution in [1.82, 2.24) is 19.5 Å². The van der Waals surface area contributed by atoms with Gasteiger partial charge in [0.05, 0.1) is 10.1 Å². The van der Waals surface area contributed by atoms with Gasteiger partial charge in [0.15, 0.2) is 0 Å². The number of amides is 1. The normalized spacial score (nSPS) is 12.7. The van der Waals surface area contributed by atoms with Crippen LogP contribution in [0.4, 0.5) is 5.69 Å². The second kappa shape index (κ2) is 8.72. The first-order valence-electron chi connectivity index (χ1n) is 8.51. The van der Waals surface area contributed by atoms with Crippen LogP contribution in [0, 0.1) is 0 Å². The molecule has 0 radical (unpaired) electrons. The second-order valence-electron chi connectivity index (χ2n) is 6.17. The molecule has 2 heterocycles. The van der Waals surface area contributed by atoms with Gasteiger partial charge in [0, 0.05) is 37.7 Å². The lowest BCUT2D eigenvalue weighted by molar-refractivity contribution is -0.115. The average molecular weight is 434 g/mol. The number of nitrogens with one attached hydrogen (secondary N) is 1. The number of carbonyl (C=O) groups excluding carboxylic acids is 1. The van der Waals surface area contributed by atoms with Gasteiger partial charge in [-0.05, 0) is 37.3 Å². The van der Waals surface area contributed by atoms with Crippen LogP contribution in [0.3, 0.4) is 0 Å². The quantitative estimate of drug-likeness (QED) is 0.565. The third-order valence-corrected chi connectivity index (χ3v) is 6.61. The minimum Gasteiger partial charge on any atom is -0.411 e. The first kappa shape index (κ1) is 21.0. The Morgan fingerprint density at radius 2 is 1.90 bits per heavy atom. The molecule has 1 amide bonds. The molecule has 0 saturated heterocycles. The number of aromatic nitrogens is 3. The maximum Gasteiger partial charge on any atom is 0.277 e. The van der Waals surface area contributed by atoms with Crippen LogP contribution < -0.4 is 5.32 Å². The van der Waals surface area contributed by atoms with Crippen LogP contribution in [-0.4, -0.2) is 53.2 Å². The van der Waals surface area contributed by atoms with Gasteiger partial charge in [0.2, 0.25) is 21.8 Å². The first-order valence-corrected chi connectivity index (χ1v) is 10.8. The van der Waals surface area contributed by atoms with Crippen molar-refractivity contribution in [2.45, 2.75) is 22.3 Å². The van der Waals surface area contributed by atoms with Crippen molar-refractivity contribution >= 4 is 33.4 Å². The van der Waals surface area contributed by atoms with Gasteiger partial charge >= 0.3 is 0 Å². The van der Waals surface area contributed by atoms with Crippen molar-refractivity contribution in [3.05, 3.63) is 48.8 Å². The summed E-state index contributed by atoms with van der Waals surface area (Å²) in [6.45, 7) is 1.69. The SMILES string of the molecule is CC(Sc1nnc(-c2ccncc2)o1)C(=O)Nc1cccc(S(=O)(=O)N(C)C)c1. The number of nitrogens with zero attached hydrogens (tertiary/aromatic N) is 4. The van der Waals surface area contributed by atoms with Crippen molar-refractivity contribution in [1.29, 1.82) is 0 Å². The zero-order valence-corrected chi connectivity index (χ0v) is 17.6. The van der Waals surface area contributed by atoms with Crippen molar-refractivity contribution in [3.8, 4) is 11.5 Å². The Morgan fingerprint density at radius 3 is 2.59 bits per heavy atom. The summed E-state index contributed by atoms with van der Waals surface area (Å²) in [4.78, 5) is 16.5. The third-order valence-electron chi connectivity index (χ3n) is 3.86. The van der Waals surface area contributed by atoms with Crippen molar-refractivity contribution < 1.29 is 17.6 Å². The number of hydrogen-bond acceptors (Lipinski definition) is 8. The summed E-state index contributed by atoms with van der Waals surface area (Å²) in [5, 5.41) is 10.3. The molecule has 1 unspecified atom stereocenters. The van der Waals surface area contributed by atoms with Crippen LogP contribution in [0.5, 0.6) is 0 Å². The molecule has 0 bridgehead atoms. The highest BCUT2D eigenvalue weighted by Crippen LogP contribution is 2.27. The number of benzene rings is 1. The predicted octanol–water partition coefficient (Wildman–Crippen LogP) is 2.50. The number of carbonyl (C=O) groups is 1. The Hall–Kier alpha value is -2.76. The van der Waals surface area contributed by atoms with Crippen LogP contribution in [0.2, 0.25) is 0 Å². The lowest BCUT2D eigenvalue weighted by Gasteiger charge is -2.13. The summed E-state index contributed by atoms with van der Waals surface area (Å²) in [6.07, 6.45) is 3.24. The zero-order chi connectivity index (χ0) is 21.0. The molecule has 9 nitrogen and oxygen atoms in total. The summed E-state index contributed by atoms with van der Waals surface area (Å²) in [6, 6.07) is 9.57. The molecule has 1 atom stereocenters. The van der Waals surface area contributed by atoms with Gasteiger partial charge in [-0.15, -0.1) is 10.2 Å². The minimum absolute atomic E-state index is 0.0968. The molecule has 152 valence electrons. The first-order chi connectivity index (χ1) is 13.8. The van der Waals surface area contributed by atoms with E-state index in [1.807, 2.05) is 0 Å². The number of sulfonamides is 1. The van der Waals surface area contributed by atoms with Crippen molar-refractivity contribution in [2.75, 3.05) is 19.4 Å². The standard InChI is InChI=1S/C18H19N5O4S2/c1-12(28-18-22-21-17(27-18)13-7-9-19-10-8-13)16(24)20-14-5-4-6-15(11-14)29(25,26)23(2)3/h4-12H,1-3H3,(H,20,24). The van der Waals surface area contributed by atoms with Crippen LogP contribution in [0.1, 0.15) is 6.92 Å².